The number of halogens is 1. The van der Waals surface area contributed by atoms with Crippen LogP contribution in [0.1, 0.15) is 10.5 Å². The summed E-state index contributed by atoms with van der Waals surface area (Å²) in [6.07, 6.45) is 2.11. The Balaban J connectivity index is 1.87. The maximum absolute atomic E-state index is 13.2. The van der Waals surface area contributed by atoms with Gasteiger partial charge in [-0.2, -0.15) is 0 Å². The van der Waals surface area contributed by atoms with E-state index in [4.69, 9.17) is 4.74 Å². The number of hydrogen-bond acceptors (Lipinski definition) is 4. The van der Waals surface area contributed by atoms with Crippen molar-refractivity contribution < 1.29 is 13.9 Å². The number of rotatable bonds is 5. The minimum absolute atomic E-state index is 0.197. The largest absolute Gasteiger partial charge is 0.489 e. The molecular weight excluding hydrogens is 225 g/mol. The van der Waals surface area contributed by atoms with Crippen LogP contribution in [-0.4, -0.2) is 27.9 Å². The summed E-state index contributed by atoms with van der Waals surface area (Å²) in [4.78, 5) is 10.4. The molecule has 17 heavy (non-hydrogen) atoms. The Hall–Kier alpha value is -2.24. The standard InChI is InChI=1S/C11H10FN3O2/c12-10-3-1-2-4-11(10)17-6-5-15-7-9(8-16)13-14-15/h1-4,7-8H,5-6H2. The molecule has 0 N–H and O–H groups in total. The van der Waals surface area contributed by atoms with E-state index in [0.717, 1.165) is 0 Å². The van der Waals surface area contributed by atoms with Gasteiger partial charge in [0.15, 0.2) is 17.9 Å². The number of hydrogen-bond donors (Lipinski definition) is 0. The topological polar surface area (TPSA) is 57.0 Å². The van der Waals surface area contributed by atoms with E-state index in [1.165, 1.54) is 16.9 Å². The van der Waals surface area contributed by atoms with Crippen LogP contribution >= 0.6 is 0 Å². The molecule has 5 nitrogen and oxygen atoms in total. The first-order valence-electron chi connectivity index (χ1n) is 5.02. The zero-order valence-electron chi connectivity index (χ0n) is 8.91. The van der Waals surface area contributed by atoms with E-state index in [9.17, 15) is 9.18 Å². The first-order chi connectivity index (χ1) is 8.29. The Bertz CT molecular complexity index is 513. The Morgan fingerprint density at radius 1 is 1.41 bits per heavy atom. The van der Waals surface area contributed by atoms with E-state index in [2.05, 4.69) is 10.3 Å². The molecule has 0 fully saturated rings. The lowest BCUT2D eigenvalue weighted by molar-refractivity contribution is 0.111. The van der Waals surface area contributed by atoms with E-state index in [0.29, 0.717) is 12.8 Å². The van der Waals surface area contributed by atoms with Crippen LogP contribution in [0.5, 0.6) is 5.75 Å². The summed E-state index contributed by atoms with van der Waals surface area (Å²) in [5.41, 5.74) is 0.260. The van der Waals surface area contributed by atoms with Gasteiger partial charge in [-0.25, -0.2) is 9.07 Å². The van der Waals surface area contributed by atoms with Gasteiger partial charge >= 0.3 is 0 Å². The molecule has 0 bridgehead atoms. The van der Waals surface area contributed by atoms with Crippen molar-refractivity contribution in [3.63, 3.8) is 0 Å². The maximum Gasteiger partial charge on any atom is 0.171 e. The summed E-state index contributed by atoms with van der Waals surface area (Å²) in [6.45, 7) is 0.651. The number of aldehydes is 1. The fourth-order valence-electron chi connectivity index (χ4n) is 1.29. The second-order valence-electron chi connectivity index (χ2n) is 3.30. The third-order valence-electron chi connectivity index (χ3n) is 2.09. The third kappa shape index (κ3) is 2.87. The molecule has 0 saturated carbocycles. The Kier molecular flexibility index (Phi) is 3.44. The maximum atomic E-state index is 13.2. The van der Waals surface area contributed by atoms with E-state index >= 15 is 0 Å². The summed E-state index contributed by atoms with van der Waals surface area (Å²) < 4.78 is 19.9. The predicted molar refractivity (Wildman–Crippen MR) is 57.3 cm³/mol. The first-order valence-corrected chi connectivity index (χ1v) is 5.02. The Morgan fingerprint density at radius 3 is 2.94 bits per heavy atom. The normalized spacial score (nSPS) is 10.2. The van der Waals surface area contributed by atoms with Crippen molar-refractivity contribution in [3.05, 3.63) is 42.0 Å². The SMILES string of the molecule is O=Cc1cn(CCOc2ccccc2F)nn1. The average molecular weight is 235 g/mol. The molecule has 2 aromatic rings. The molecule has 1 aromatic heterocycles. The van der Waals surface area contributed by atoms with Gasteiger partial charge in [0.05, 0.1) is 12.7 Å². The number of aromatic nitrogens is 3. The second-order valence-corrected chi connectivity index (χ2v) is 3.30. The summed E-state index contributed by atoms with van der Waals surface area (Å²) in [7, 11) is 0. The van der Waals surface area contributed by atoms with E-state index in [1.54, 1.807) is 18.2 Å². The van der Waals surface area contributed by atoms with Gasteiger partial charge in [-0.05, 0) is 12.1 Å². The van der Waals surface area contributed by atoms with Crippen molar-refractivity contribution in [3.8, 4) is 5.75 Å². The van der Waals surface area contributed by atoms with Gasteiger partial charge in [0.1, 0.15) is 12.3 Å². The third-order valence-corrected chi connectivity index (χ3v) is 2.09. The zero-order chi connectivity index (χ0) is 12.1. The van der Waals surface area contributed by atoms with Crippen LogP contribution in [-0.2, 0) is 6.54 Å². The van der Waals surface area contributed by atoms with E-state index < -0.39 is 5.82 Å². The number of para-hydroxylation sites is 1. The number of carbonyl (C=O) groups excluding carboxylic acids is 1. The van der Waals surface area contributed by atoms with Gasteiger partial charge in [0.2, 0.25) is 0 Å². The number of ether oxygens (including phenoxy) is 1. The van der Waals surface area contributed by atoms with Crippen LogP contribution in [0.25, 0.3) is 0 Å². The molecule has 2 rings (SSSR count). The van der Waals surface area contributed by atoms with Crippen LogP contribution in [0.2, 0.25) is 0 Å². The van der Waals surface area contributed by atoms with Gasteiger partial charge in [0, 0.05) is 0 Å². The summed E-state index contributed by atoms with van der Waals surface area (Å²) in [5, 5.41) is 7.30. The van der Waals surface area contributed by atoms with Crippen molar-refractivity contribution >= 4 is 6.29 Å². The highest BCUT2D eigenvalue weighted by Crippen LogP contribution is 2.14. The minimum atomic E-state index is -0.403. The molecule has 0 amide bonds. The molecule has 0 unspecified atom stereocenters. The average Bonchev–Trinajstić information content (AvgIpc) is 2.80. The van der Waals surface area contributed by atoms with Gasteiger partial charge in [0.25, 0.3) is 0 Å². The molecule has 0 atom stereocenters. The van der Waals surface area contributed by atoms with Gasteiger partial charge < -0.3 is 4.74 Å². The molecule has 1 aromatic carbocycles. The van der Waals surface area contributed by atoms with Crippen molar-refractivity contribution in [1.29, 1.82) is 0 Å². The number of carbonyl (C=O) groups is 1. The molecular formula is C11H10FN3O2. The summed E-state index contributed by atoms with van der Waals surface area (Å²) in [5.74, 6) is -0.206. The lowest BCUT2D eigenvalue weighted by atomic mass is 10.3. The van der Waals surface area contributed by atoms with Gasteiger partial charge in [-0.1, -0.05) is 17.3 Å². The van der Waals surface area contributed by atoms with Crippen LogP contribution < -0.4 is 4.74 Å². The molecule has 0 saturated heterocycles. The zero-order valence-corrected chi connectivity index (χ0v) is 8.91. The van der Waals surface area contributed by atoms with Crippen molar-refractivity contribution in [2.24, 2.45) is 0 Å². The van der Waals surface area contributed by atoms with Gasteiger partial charge in [-0.3, -0.25) is 4.79 Å². The quantitative estimate of drug-likeness (QED) is 0.733. The highest BCUT2D eigenvalue weighted by atomic mass is 19.1. The number of nitrogens with zero attached hydrogens (tertiary/aromatic N) is 3. The van der Waals surface area contributed by atoms with Crippen molar-refractivity contribution in [2.45, 2.75) is 6.54 Å². The Morgan fingerprint density at radius 2 is 2.24 bits per heavy atom. The molecule has 88 valence electrons. The minimum Gasteiger partial charge on any atom is -0.489 e. The molecule has 0 radical (unpaired) electrons. The van der Waals surface area contributed by atoms with Crippen LogP contribution in [0.15, 0.2) is 30.5 Å². The fraction of sp³-hybridized carbons (Fsp3) is 0.182. The van der Waals surface area contributed by atoms with Crippen molar-refractivity contribution in [2.75, 3.05) is 6.61 Å². The van der Waals surface area contributed by atoms with E-state index in [1.807, 2.05) is 0 Å². The van der Waals surface area contributed by atoms with Crippen LogP contribution in [0.3, 0.4) is 0 Å². The smallest absolute Gasteiger partial charge is 0.171 e. The Labute approximate surface area is 96.8 Å². The molecule has 0 spiro atoms. The predicted octanol–water partition coefficient (Wildman–Crippen LogP) is 1.31. The lowest BCUT2D eigenvalue weighted by Gasteiger charge is -2.06. The van der Waals surface area contributed by atoms with Crippen LogP contribution in [0, 0.1) is 5.82 Å². The van der Waals surface area contributed by atoms with E-state index in [-0.39, 0.29) is 18.1 Å². The van der Waals surface area contributed by atoms with Crippen LogP contribution in [0.4, 0.5) is 4.39 Å². The molecule has 0 aliphatic heterocycles. The summed E-state index contributed by atoms with van der Waals surface area (Å²) >= 11 is 0. The highest BCUT2D eigenvalue weighted by molar-refractivity contribution is 5.70. The molecule has 6 heteroatoms. The van der Waals surface area contributed by atoms with Crippen molar-refractivity contribution in [1.82, 2.24) is 15.0 Å². The fourth-order valence-corrected chi connectivity index (χ4v) is 1.29. The lowest BCUT2D eigenvalue weighted by Crippen LogP contribution is -2.09. The van der Waals surface area contributed by atoms with Gasteiger partial charge in [-0.15, -0.1) is 5.10 Å². The first kappa shape index (κ1) is 11.3. The summed E-state index contributed by atoms with van der Waals surface area (Å²) in [6, 6.07) is 6.16. The molecule has 0 aliphatic rings. The molecule has 1 heterocycles. The molecule has 0 aliphatic carbocycles. The second kappa shape index (κ2) is 5.20. The monoisotopic (exact) mass is 235 g/mol. The highest BCUT2D eigenvalue weighted by Gasteiger charge is 2.02. The number of benzene rings is 1.